The van der Waals surface area contributed by atoms with E-state index in [0.717, 1.165) is 21.5 Å². The van der Waals surface area contributed by atoms with Crippen molar-refractivity contribution in [3.63, 3.8) is 0 Å². The molecule has 3 rings (SSSR count). The molecule has 0 aliphatic carbocycles. The van der Waals surface area contributed by atoms with Crippen molar-refractivity contribution in [2.24, 2.45) is 4.99 Å². The number of hydrogen-bond acceptors (Lipinski definition) is 9. The number of fused-ring (bicyclic) bond motifs is 2. The van der Waals surface area contributed by atoms with E-state index in [1.54, 1.807) is 38.1 Å². The second-order valence-electron chi connectivity index (χ2n) is 9.74. The van der Waals surface area contributed by atoms with Gasteiger partial charge in [-0.3, -0.25) is 18.7 Å². The molecule has 39 heavy (non-hydrogen) atoms. The highest BCUT2D eigenvalue weighted by atomic mass is 32.2. The number of aliphatic imine (C=N–C) groups is 1. The topological polar surface area (TPSA) is 182 Å². The molecule has 0 unspecified atom stereocenters. The highest BCUT2D eigenvalue weighted by Gasteiger charge is 2.38. The van der Waals surface area contributed by atoms with Crippen LogP contribution < -0.4 is 20.2 Å². The Kier molecular flexibility index (Phi) is 9.01. The molecular formula is C23H33N3O9S3Si. The van der Waals surface area contributed by atoms with Gasteiger partial charge in [-0.1, -0.05) is 25.2 Å². The summed E-state index contributed by atoms with van der Waals surface area (Å²) in [5.41, 5.74) is 3.09. The van der Waals surface area contributed by atoms with E-state index >= 15 is 0 Å². The summed E-state index contributed by atoms with van der Waals surface area (Å²) >= 11 is 0. The van der Waals surface area contributed by atoms with E-state index in [9.17, 15) is 38.9 Å². The summed E-state index contributed by atoms with van der Waals surface area (Å²) in [5.74, 6) is -1.77. The van der Waals surface area contributed by atoms with Crippen LogP contribution in [0.4, 0.5) is 11.4 Å². The molecule has 16 heteroatoms. The molecule has 3 N–H and O–H groups in total. The normalized spacial score (nSPS) is 14.9. The molecule has 0 saturated carbocycles. The van der Waals surface area contributed by atoms with Crippen LogP contribution >= 0.6 is 0 Å². The number of rotatable bonds is 11. The lowest BCUT2D eigenvalue weighted by molar-refractivity contribution is 0.479. The molecule has 1 heterocycles. The zero-order valence-electron chi connectivity index (χ0n) is 22.1. The van der Waals surface area contributed by atoms with Crippen LogP contribution in [0, 0.1) is 0 Å². The minimum atomic E-state index is -4.29. The largest absolute Gasteiger partial charge is 0.356 e. The summed E-state index contributed by atoms with van der Waals surface area (Å²) in [6, 6.07) is 10.7. The fourth-order valence-corrected chi connectivity index (χ4v) is 9.56. The molecule has 2 aromatic rings. The summed E-state index contributed by atoms with van der Waals surface area (Å²) in [6.45, 7) is 8.06. The monoisotopic (exact) mass is 619 g/mol. The third kappa shape index (κ3) is 7.65. The molecule has 0 radical (unpaired) electrons. The summed E-state index contributed by atoms with van der Waals surface area (Å²) < 4.78 is 97.2. The molecule has 2 aromatic carbocycles. The second-order valence-corrected chi connectivity index (χ2v) is 18.5. The molecule has 216 valence electrons. The van der Waals surface area contributed by atoms with E-state index < -0.39 is 55.9 Å². The smallest absolute Gasteiger partial charge is 0.283 e. The van der Waals surface area contributed by atoms with E-state index in [4.69, 9.17) is 0 Å². The Balaban J connectivity index is 2.24. The highest BCUT2D eigenvalue weighted by molar-refractivity contribution is 7.86. The van der Waals surface area contributed by atoms with Gasteiger partial charge in [0.15, 0.2) is 0 Å². The average molecular weight is 620 g/mol. The van der Waals surface area contributed by atoms with Crippen molar-refractivity contribution in [3.05, 3.63) is 47.5 Å². The van der Waals surface area contributed by atoms with Gasteiger partial charge in [-0.15, -0.1) is 0 Å². The maximum Gasteiger partial charge on any atom is 0.283 e. The van der Waals surface area contributed by atoms with E-state index in [1.807, 2.05) is 12.1 Å². The van der Waals surface area contributed by atoms with Crippen LogP contribution in [0.2, 0.25) is 13.1 Å². The van der Waals surface area contributed by atoms with Gasteiger partial charge in [0, 0.05) is 35.6 Å². The summed E-state index contributed by atoms with van der Waals surface area (Å²) in [4.78, 5) is 7.54. The summed E-state index contributed by atoms with van der Waals surface area (Å²) in [5, 5.41) is 1.75. The maximum atomic E-state index is 11.6. The molecule has 0 amide bonds. The van der Waals surface area contributed by atoms with Gasteiger partial charge >= 0.3 is 0 Å². The fourth-order valence-electron chi connectivity index (χ4n) is 4.73. The molecule has 12 nitrogen and oxygen atoms in total. The van der Waals surface area contributed by atoms with Gasteiger partial charge in [0.05, 0.1) is 18.0 Å². The molecule has 0 bridgehead atoms. The van der Waals surface area contributed by atoms with E-state index in [-0.39, 0.29) is 6.54 Å². The minimum Gasteiger partial charge on any atom is -0.356 e. The van der Waals surface area contributed by atoms with Crippen LogP contribution in [0.25, 0.3) is 0 Å². The Hall–Kier alpha value is -2.34. The quantitative estimate of drug-likeness (QED) is 0.240. The third-order valence-electron chi connectivity index (χ3n) is 6.61. The zero-order chi connectivity index (χ0) is 29.4. The Labute approximate surface area is 230 Å². The standard InChI is InChI=1S/C23H33N3O9S3Si/c1-5-25(15-37(30,31)32)17-7-9-19-21(13-17)39(3,4)22-14-18(26(6-2)16-38(33,34)35)8-10-20(22)23(19)24-11-12-36(27,28)29/h7-10,13-14H,5-6,11-12,15-16H2,1-4H3,(H,27,28,29)(H,30,31,32)(H,33,34,35). The van der Waals surface area contributed by atoms with Crippen molar-refractivity contribution in [2.45, 2.75) is 26.9 Å². The highest BCUT2D eigenvalue weighted by Crippen LogP contribution is 2.27. The summed E-state index contributed by atoms with van der Waals surface area (Å²) in [6.07, 6.45) is 0. The first-order valence-corrected chi connectivity index (χ1v) is 19.9. The van der Waals surface area contributed by atoms with Crippen molar-refractivity contribution in [1.82, 2.24) is 0 Å². The number of hydrogen-bond donors (Lipinski definition) is 3. The van der Waals surface area contributed by atoms with Crippen LogP contribution in [0.1, 0.15) is 25.0 Å². The zero-order valence-corrected chi connectivity index (χ0v) is 25.5. The Morgan fingerprint density at radius 2 is 1.13 bits per heavy atom. The van der Waals surface area contributed by atoms with Crippen molar-refractivity contribution in [2.75, 3.05) is 46.9 Å². The van der Waals surface area contributed by atoms with Crippen LogP contribution in [-0.2, 0) is 30.4 Å². The van der Waals surface area contributed by atoms with E-state index in [1.165, 1.54) is 9.80 Å². The SMILES string of the molecule is CCN(CS(=O)(=O)O)c1ccc2c(c1)[Si](C)(C)c1cc(N(CC)CS(=O)(=O)O)ccc1C2=NCCS(=O)(=O)O. The van der Waals surface area contributed by atoms with Crippen molar-refractivity contribution in [1.29, 1.82) is 0 Å². The Morgan fingerprint density at radius 1 is 0.718 bits per heavy atom. The number of anilines is 2. The van der Waals surface area contributed by atoms with Gasteiger partial charge < -0.3 is 9.80 Å². The van der Waals surface area contributed by atoms with Gasteiger partial charge in [0.1, 0.15) is 19.8 Å². The van der Waals surface area contributed by atoms with Crippen molar-refractivity contribution in [3.8, 4) is 0 Å². The van der Waals surface area contributed by atoms with Crippen molar-refractivity contribution >= 4 is 65.9 Å². The minimum absolute atomic E-state index is 0.202. The first-order valence-electron chi connectivity index (χ1n) is 12.1. The van der Waals surface area contributed by atoms with Crippen LogP contribution in [0.5, 0.6) is 0 Å². The van der Waals surface area contributed by atoms with Crippen LogP contribution in [0.3, 0.4) is 0 Å². The maximum absolute atomic E-state index is 11.6. The van der Waals surface area contributed by atoms with Crippen LogP contribution in [-0.4, -0.2) is 89.8 Å². The summed E-state index contributed by atoms with van der Waals surface area (Å²) in [7, 11) is -15.4. The van der Waals surface area contributed by atoms with Crippen molar-refractivity contribution < 1.29 is 38.9 Å². The van der Waals surface area contributed by atoms with E-state index in [2.05, 4.69) is 18.1 Å². The third-order valence-corrected chi connectivity index (χ3v) is 12.1. The molecule has 0 atom stereocenters. The lowest BCUT2D eigenvalue weighted by atomic mass is 10.00. The number of benzene rings is 2. The molecule has 1 aliphatic rings. The van der Waals surface area contributed by atoms with Crippen LogP contribution in [0.15, 0.2) is 41.4 Å². The molecule has 0 saturated heterocycles. The van der Waals surface area contributed by atoms with Gasteiger partial charge in [-0.05, 0) is 48.5 Å². The molecular weight excluding hydrogens is 587 g/mol. The van der Waals surface area contributed by atoms with Gasteiger partial charge in [-0.2, -0.15) is 25.3 Å². The van der Waals surface area contributed by atoms with E-state index in [0.29, 0.717) is 30.2 Å². The van der Waals surface area contributed by atoms with Gasteiger partial charge in [0.2, 0.25) is 0 Å². The average Bonchev–Trinajstić information content (AvgIpc) is 2.81. The molecule has 0 aromatic heterocycles. The lowest BCUT2D eigenvalue weighted by Gasteiger charge is -2.36. The molecule has 0 fully saturated rings. The Morgan fingerprint density at radius 3 is 1.46 bits per heavy atom. The predicted octanol–water partition coefficient (Wildman–Crippen LogP) is 0.891. The first-order chi connectivity index (χ1) is 17.9. The lowest BCUT2D eigenvalue weighted by Crippen LogP contribution is -2.60. The molecule has 1 aliphatic heterocycles. The fraction of sp³-hybridized carbons (Fsp3) is 0.435. The van der Waals surface area contributed by atoms with Gasteiger partial charge in [0.25, 0.3) is 30.4 Å². The Bertz CT molecular complexity index is 1510. The second kappa shape index (κ2) is 11.3. The predicted molar refractivity (Wildman–Crippen MR) is 155 cm³/mol. The molecule has 0 spiro atoms. The van der Waals surface area contributed by atoms with Gasteiger partial charge in [-0.25, -0.2) is 0 Å². The number of nitrogens with zero attached hydrogens (tertiary/aromatic N) is 3. The first kappa shape index (κ1) is 31.2.